The number of thiazole rings is 1. The molecule has 5 rings (SSSR count). The second-order valence-electron chi connectivity index (χ2n) is 9.07. The van der Waals surface area contributed by atoms with E-state index in [9.17, 15) is 14.9 Å². The number of hydrogen-bond acceptors (Lipinski definition) is 7. The number of ether oxygens (including phenoxy) is 2. The van der Waals surface area contributed by atoms with Crippen LogP contribution in [0.1, 0.15) is 41.6 Å². The molecule has 1 aromatic heterocycles. The van der Waals surface area contributed by atoms with Gasteiger partial charge in [0, 0.05) is 5.56 Å². The summed E-state index contributed by atoms with van der Waals surface area (Å²) in [7, 11) is 1.32. The molecule has 0 bridgehead atoms. The molecule has 206 valence electrons. The average molecular weight is 605 g/mol. The fourth-order valence-electron chi connectivity index (χ4n) is 4.67. The van der Waals surface area contributed by atoms with Gasteiger partial charge < -0.3 is 9.47 Å². The van der Waals surface area contributed by atoms with E-state index in [1.165, 1.54) is 23.0 Å². The summed E-state index contributed by atoms with van der Waals surface area (Å²) in [5.41, 5.74) is 3.18. The van der Waals surface area contributed by atoms with Crippen molar-refractivity contribution in [2.45, 2.75) is 26.0 Å². The summed E-state index contributed by atoms with van der Waals surface area (Å²) in [6.07, 6.45) is 2.18. The fourth-order valence-corrected chi connectivity index (χ4v) is 6.31. The Morgan fingerprint density at radius 1 is 1.12 bits per heavy atom. The first-order valence-corrected chi connectivity index (χ1v) is 14.2. The molecular weight excluding hydrogens is 581 g/mol. The molecule has 1 aliphatic rings. The molecule has 1 aliphatic heterocycles. The molecule has 2 heterocycles. The van der Waals surface area contributed by atoms with Gasteiger partial charge in [-0.25, -0.2) is 9.79 Å². The molecular formula is C31H23Cl2N3O4S. The van der Waals surface area contributed by atoms with Gasteiger partial charge in [-0.1, -0.05) is 90.0 Å². The van der Waals surface area contributed by atoms with E-state index in [1.54, 1.807) is 36.4 Å². The van der Waals surface area contributed by atoms with E-state index in [1.807, 2.05) is 43.3 Å². The SMILES string of the molecule is CCC1=C(C(=O)OC)[C@@H](c2ccccc2)n2c(s/c(=C\c3cc(Cl)c(OCc4ccccc4C#N)c(Cl)c3)c2=O)=N1. The normalized spacial score (nSPS) is 14.7. The van der Waals surface area contributed by atoms with Crippen molar-refractivity contribution in [1.29, 1.82) is 5.26 Å². The summed E-state index contributed by atoms with van der Waals surface area (Å²) in [5.74, 6) is -0.251. The van der Waals surface area contributed by atoms with Gasteiger partial charge in [0.25, 0.3) is 5.56 Å². The molecule has 41 heavy (non-hydrogen) atoms. The maximum atomic E-state index is 13.8. The van der Waals surface area contributed by atoms with Crippen LogP contribution in [0.2, 0.25) is 10.0 Å². The molecule has 0 amide bonds. The molecule has 0 N–H and O–H groups in total. The zero-order valence-electron chi connectivity index (χ0n) is 22.1. The minimum atomic E-state index is -0.684. The lowest BCUT2D eigenvalue weighted by atomic mass is 9.95. The highest BCUT2D eigenvalue weighted by Crippen LogP contribution is 2.35. The van der Waals surface area contributed by atoms with Gasteiger partial charge in [0.05, 0.1) is 50.6 Å². The largest absolute Gasteiger partial charge is 0.486 e. The Balaban J connectivity index is 1.56. The lowest BCUT2D eigenvalue weighted by Gasteiger charge is -2.25. The minimum absolute atomic E-state index is 0.114. The molecule has 0 saturated carbocycles. The van der Waals surface area contributed by atoms with Crippen LogP contribution in [0.25, 0.3) is 6.08 Å². The summed E-state index contributed by atoms with van der Waals surface area (Å²) in [4.78, 5) is 31.9. The first kappa shape index (κ1) is 28.4. The van der Waals surface area contributed by atoms with Gasteiger partial charge in [-0.2, -0.15) is 5.26 Å². The number of nitriles is 1. The van der Waals surface area contributed by atoms with Crippen LogP contribution >= 0.6 is 34.5 Å². The third kappa shape index (κ3) is 5.57. The van der Waals surface area contributed by atoms with Crippen LogP contribution in [0.5, 0.6) is 5.75 Å². The van der Waals surface area contributed by atoms with Gasteiger partial charge in [0.1, 0.15) is 6.61 Å². The van der Waals surface area contributed by atoms with Crippen molar-refractivity contribution >= 4 is 46.6 Å². The Morgan fingerprint density at radius 2 is 1.80 bits per heavy atom. The smallest absolute Gasteiger partial charge is 0.338 e. The third-order valence-corrected chi connectivity index (χ3v) is 8.14. The third-order valence-electron chi connectivity index (χ3n) is 6.59. The number of allylic oxidation sites excluding steroid dienone is 1. The van der Waals surface area contributed by atoms with Crippen molar-refractivity contribution in [3.63, 3.8) is 0 Å². The van der Waals surface area contributed by atoms with Crippen LogP contribution in [0.3, 0.4) is 0 Å². The van der Waals surface area contributed by atoms with Gasteiger partial charge in [0.2, 0.25) is 0 Å². The number of carbonyl (C=O) groups is 1. The van der Waals surface area contributed by atoms with Gasteiger partial charge in [0.15, 0.2) is 10.6 Å². The number of nitrogens with zero attached hydrogens (tertiary/aromatic N) is 3. The standard InChI is InChI=1S/C31H23Cl2N3O4S/c1-3-24-26(30(38)39-2)27(19-9-5-4-6-10-19)36-29(37)25(41-31(36)35-24)15-18-13-22(32)28(23(33)14-18)40-17-21-12-8-7-11-20(21)16-34/h4-15,27H,3,17H2,1-2H3/b25-15-/t27-/m1/s1. The first-order chi connectivity index (χ1) is 19.9. The quantitative estimate of drug-likeness (QED) is 0.258. The molecule has 0 radical (unpaired) electrons. The highest BCUT2D eigenvalue weighted by atomic mass is 35.5. The van der Waals surface area contributed by atoms with Crippen molar-refractivity contribution in [1.82, 2.24) is 4.57 Å². The van der Waals surface area contributed by atoms with E-state index in [0.717, 1.165) is 5.56 Å². The van der Waals surface area contributed by atoms with E-state index in [2.05, 4.69) is 11.1 Å². The molecule has 0 unspecified atom stereocenters. The number of hydrogen-bond donors (Lipinski definition) is 0. The Bertz CT molecular complexity index is 1880. The maximum Gasteiger partial charge on any atom is 0.338 e. The molecule has 3 aromatic carbocycles. The summed E-state index contributed by atoms with van der Waals surface area (Å²) >= 11 is 14.3. The summed E-state index contributed by atoms with van der Waals surface area (Å²) in [5, 5.41) is 9.85. The van der Waals surface area contributed by atoms with Crippen molar-refractivity contribution in [2.24, 2.45) is 4.99 Å². The van der Waals surface area contributed by atoms with Crippen LogP contribution in [0.4, 0.5) is 0 Å². The van der Waals surface area contributed by atoms with Crippen LogP contribution < -0.4 is 19.6 Å². The zero-order valence-corrected chi connectivity index (χ0v) is 24.4. The Morgan fingerprint density at radius 3 is 2.46 bits per heavy atom. The molecule has 10 heteroatoms. The molecule has 0 fully saturated rings. The molecule has 4 aromatic rings. The minimum Gasteiger partial charge on any atom is -0.486 e. The number of rotatable bonds is 7. The topological polar surface area (TPSA) is 93.7 Å². The van der Waals surface area contributed by atoms with E-state index in [0.29, 0.717) is 43.7 Å². The predicted octanol–water partition coefficient (Wildman–Crippen LogP) is 5.56. The van der Waals surface area contributed by atoms with Crippen molar-refractivity contribution in [2.75, 3.05) is 7.11 Å². The van der Waals surface area contributed by atoms with Gasteiger partial charge in [-0.05, 0) is 41.8 Å². The number of benzene rings is 3. The van der Waals surface area contributed by atoms with E-state index < -0.39 is 12.0 Å². The van der Waals surface area contributed by atoms with Crippen molar-refractivity contribution in [3.05, 3.63) is 130 Å². The highest BCUT2D eigenvalue weighted by molar-refractivity contribution is 7.07. The van der Waals surface area contributed by atoms with Crippen molar-refractivity contribution < 1.29 is 14.3 Å². The molecule has 0 spiro atoms. The monoisotopic (exact) mass is 603 g/mol. The number of methoxy groups -OCH3 is 1. The Labute approximate surface area is 249 Å². The number of esters is 1. The van der Waals surface area contributed by atoms with Crippen LogP contribution in [0.15, 0.2) is 87.8 Å². The zero-order chi connectivity index (χ0) is 29.1. The Kier molecular flexibility index (Phi) is 8.41. The number of aromatic nitrogens is 1. The van der Waals surface area contributed by atoms with E-state index >= 15 is 0 Å². The molecule has 0 saturated heterocycles. The number of fused-ring (bicyclic) bond motifs is 1. The lowest BCUT2D eigenvalue weighted by molar-refractivity contribution is -0.136. The van der Waals surface area contributed by atoms with Crippen LogP contribution in [0, 0.1) is 11.3 Å². The van der Waals surface area contributed by atoms with Gasteiger partial charge >= 0.3 is 5.97 Å². The number of halogens is 2. The maximum absolute atomic E-state index is 13.8. The van der Waals surface area contributed by atoms with Crippen LogP contribution in [-0.2, 0) is 16.1 Å². The first-order valence-electron chi connectivity index (χ1n) is 12.6. The predicted molar refractivity (Wildman–Crippen MR) is 159 cm³/mol. The fraction of sp³-hybridized carbons (Fsp3) is 0.161. The second-order valence-corrected chi connectivity index (χ2v) is 10.9. The summed E-state index contributed by atoms with van der Waals surface area (Å²) in [6.45, 7) is 2.02. The number of carbonyl (C=O) groups excluding carboxylic acids is 1. The Hall–Kier alpha value is -4.16. The second kappa shape index (κ2) is 12.1. The lowest BCUT2D eigenvalue weighted by Crippen LogP contribution is -2.40. The van der Waals surface area contributed by atoms with Gasteiger partial charge in [-0.15, -0.1) is 0 Å². The van der Waals surface area contributed by atoms with Gasteiger partial charge in [-0.3, -0.25) is 9.36 Å². The summed E-state index contributed by atoms with van der Waals surface area (Å²) in [6, 6.07) is 21.2. The average Bonchev–Trinajstić information content (AvgIpc) is 3.29. The van der Waals surface area contributed by atoms with Crippen molar-refractivity contribution in [3.8, 4) is 11.8 Å². The molecule has 7 nitrogen and oxygen atoms in total. The van der Waals surface area contributed by atoms with Crippen LogP contribution in [-0.4, -0.2) is 17.6 Å². The highest BCUT2D eigenvalue weighted by Gasteiger charge is 2.33. The molecule has 0 aliphatic carbocycles. The molecule has 1 atom stereocenters. The summed E-state index contributed by atoms with van der Waals surface area (Å²) < 4.78 is 12.9. The van der Waals surface area contributed by atoms with E-state index in [-0.39, 0.29) is 28.0 Å². The van der Waals surface area contributed by atoms with E-state index in [4.69, 9.17) is 32.7 Å².